The highest BCUT2D eigenvalue weighted by atomic mass is 79.9. The first-order chi connectivity index (χ1) is 13.6. The molecule has 0 fully saturated rings. The van der Waals surface area contributed by atoms with Crippen molar-refractivity contribution in [1.29, 1.82) is 0 Å². The number of amides is 1. The molecule has 28 heavy (non-hydrogen) atoms. The van der Waals surface area contributed by atoms with Crippen molar-refractivity contribution in [3.8, 4) is 11.3 Å². The van der Waals surface area contributed by atoms with Crippen molar-refractivity contribution in [3.05, 3.63) is 87.4 Å². The van der Waals surface area contributed by atoms with Gasteiger partial charge in [0.2, 0.25) is 0 Å². The van der Waals surface area contributed by atoms with E-state index in [1.54, 1.807) is 12.1 Å². The molecule has 0 spiro atoms. The largest absolute Gasteiger partial charge is 0.290 e. The van der Waals surface area contributed by atoms with Gasteiger partial charge in [0.15, 0.2) is 0 Å². The lowest BCUT2D eigenvalue weighted by molar-refractivity contribution is 0.0953. The van der Waals surface area contributed by atoms with Gasteiger partial charge in [0.25, 0.3) is 5.91 Å². The van der Waals surface area contributed by atoms with E-state index in [0.29, 0.717) is 17.1 Å². The topological polar surface area (TPSA) is 72.9 Å². The molecule has 0 bridgehead atoms. The zero-order valence-corrected chi connectivity index (χ0v) is 17.0. The molecule has 3 N–H and O–H groups in total. The molecule has 3 aromatic carbocycles. The fourth-order valence-corrected chi connectivity index (χ4v) is 3.90. The number of benzene rings is 3. The third-order valence-corrected chi connectivity index (χ3v) is 5.37. The zero-order valence-electron chi connectivity index (χ0n) is 14.7. The van der Waals surface area contributed by atoms with E-state index >= 15 is 0 Å². The monoisotopic (exact) mass is 454 g/mol. The molecular weight excluding hydrogens is 440 g/mol. The lowest BCUT2D eigenvalue weighted by atomic mass is 10.0. The van der Waals surface area contributed by atoms with Crippen LogP contribution < -0.4 is 11.3 Å². The molecule has 1 aromatic heterocycles. The van der Waals surface area contributed by atoms with Gasteiger partial charge in [-0.15, -0.1) is 0 Å². The van der Waals surface area contributed by atoms with Gasteiger partial charge in [0.1, 0.15) is 5.69 Å². The molecule has 0 radical (unpaired) electrons. The lowest BCUT2D eigenvalue weighted by Crippen LogP contribution is -2.29. The molecule has 5 nitrogen and oxygen atoms in total. The molecule has 0 saturated carbocycles. The van der Waals surface area contributed by atoms with Crippen LogP contribution in [0.4, 0.5) is 0 Å². The highest BCUT2D eigenvalue weighted by Crippen LogP contribution is 2.30. The number of hydrazine groups is 1. The summed E-state index contributed by atoms with van der Waals surface area (Å²) in [5, 5.41) is 6.51. The molecule has 1 heterocycles. The standard InChI is InChI=1S/C21H16BrClN4O/c22-16-9-8-15(18(23)11-16)12-27-19-7-2-1-6-17(19)20(26-27)13-4-3-5-14(10-13)21(28)25-24/h1-11H,12,24H2,(H,25,28). The summed E-state index contributed by atoms with van der Waals surface area (Å²) in [6.45, 7) is 0.537. The molecule has 140 valence electrons. The summed E-state index contributed by atoms with van der Waals surface area (Å²) in [6.07, 6.45) is 0. The second kappa shape index (κ2) is 7.75. The summed E-state index contributed by atoms with van der Waals surface area (Å²) in [6, 6.07) is 21.1. The lowest BCUT2D eigenvalue weighted by Gasteiger charge is -2.06. The highest BCUT2D eigenvalue weighted by molar-refractivity contribution is 9.10. The summed E-state index contributed by atoms with van der Waals surface area (Å²) in [5.41, 5.74) is 6.25. The second-order valence-corrected chi connectivity index (χ2v) is 7.64. The normalized spacial score (nSPS) is 11.0. The molecule has 0 aliphatic carbocycles. The maximum absolute atomic E-state index is 11.9. The Kier molecular flexibility index (Phi) is 5.17. The van der Waals surface area contributed by atoms with E-state index in [-0.39, 0.29) is 5.91 Å². The van der Waals surface area contributed by atoms with E-state index in [0.717, 1.165) is 32.2 Å². The zero-order chi connectivity index (χ0) is 19.7. The number of halogens is 2. The molecule has 0 atom stereocenters. The van der Waals surface area contributed by atoms with E-state index in [1.165, 1.54) is 0 Å². The molecule has 0 aliphatic heterocycles. The Balaban J connectivity index is 1.82. The Morgan fingerprint density at radius 1 is 1.11 bits per heavy atom. The van der Waals surface area contributed by atoms with Crippen molar-refractivity contribution < 1.29 is 4.79 Å². The van der Waals surface area contributed by atoms with E-state index in [1.807, 2.05) is 59.3 Å². The number of rotatable bonds is 4. The first-order valence-electron chi connectivity index (χ1n) is 8.57. The van der Waals surface area contributed by atoms with Crippen LogP contribution in [0, 0.1) is 0 Å². The quantitative estimate of drug-likeness (QED) is 0.264. The Morgan fingerprint density at radius 3 is 2.71 bits per heavy atom. The van der Waals surface area contributed by atoms with Crippen LogP contribution >= 0.6 is 27.5 Å². The number of aromatic nitrogens is 2. The molecule has 7 heteroatoms. The number of nitrogens with zero attached hydrogens (tertiary/aromatic N) is 2. The van der Waals surface area contributed by atoms with Crippen LogP contribution in [0.1, 0.15) is 15.9 Å². The number of para-hydroxylation sites is 1. The van der Waals surface area contributed by atoms with Gasteiger partial charge in [0, 0.05) is 26.0 Å². The van der Waals surface area contributed by atoms with Gasteiger partial charge in [-0.3, -0.25) is 14.9 Å². The summed E-state index contributed by atoms with van der Waals surface area (Å²) in [4.78, 5) is 11.9. The van der Waals surface area contributed by atoms with Crippen LogP contribution in [0.25, 0.3) is 22.2 Å². The number of carbonyl (C=O) groups is 1. The number of nitrogens with two attached hydrogens (primary N) is 1. The number of carbonyl (C=O) groups excluding carboxylic acids is 1. The molecule has 0 saturated heterocycles. The van der Waals surface area contributed by atoms with Crippen LogP contribution in [0.5, 0.6) is 0 Å². The average Bonchev–Trinajstić information content (AvgIpc) is 3.08. The SMILES string of the molecule is NNC(=O)c1cccc(-c2nn(Cc3ccc(Br)cc3Cl)c3ccccc23)c1. The van der Waals surface area contributed by atoms with Crippen molar-refractivity contribution in [2.45, 2.75) is 6.54 Å². The fraction of sp³-hybridized carbons (Fsp3) is 0.0476. The fourth-order valence-electron chi connectivity index (χ4n) is 3.16. The van der Waals surface area contributed by atoms with Gasteiger partial charge in [-0.05, 0) is 35.9 Å². The van der Waals surface area contributed by atoms with Crippen molar-refractivity contribution in [2.75, 3.05) is 0 Å². The van der Waals surface area contributed by atoms with Crippen LogP contribution in [0.15, 0.2) is 71.2 Å². The van der Waals surface area contributed by atoms with Crippen LogP contribution in [-0.4, -0.2) is 15.7 Å². The summed E-state index contributed by atoms with van der Waals surface area (Å²) in [5.74, 6) is 4.92. The number of hydrogen-bond acceptors (Lipinski definition) is 3. The highest BCUT2D eigenvalue weighted by Gasteiger charge is 2.15. The molecule has 4 rings (SSSR count). The third kappa shape index (κ3) is 3.54. The van der Waals surface area contributed by atoms with Gasteiger partial charge in [-0.2, -0.15) is 5.10 Å². The molecular formula is C21H16BrClN4O. The minimum Gasteiger partial charge on any atom is -0.290 e. The summed E-state index contributed by atoms with van der Waals surface area (Å²) in [7, 11) is 0. The van der Waals surface area contributed by atoms with Gasteiger partial charge < -0.3 is 0 Å². The van der Waals surface area contributed by atoms with Gasteiger partial charge in [-0.25, -0.2) is 5.84 Å². The number of fused-ring (bicyclic) bond motifs is 1. The molecule has 1 amide bonds. The van der Waals surface area contributed by atoms with Gasteiger partial charge in [0.05, 0.1) is 12.1 Å². The number of nitrogens with one attached hydrogen (secondary N) is 1. The van der Waals surface area contributed by atoms with E-state index in [4.69, 9.17) is 22.5 Å². The van der Waals surface area contributed by atoms with Crippen molar-refractivity contribution in [3.63, 3.8) is 0 Å². The molecule has 0 unspecified atom stereocenters. The smallest absolute Gasteiger partial charge is 0.265 e. The first kappa shape index (κ1) is 18.7. The van der Waals surface area contributed by atoms with E-state index in [9.17, 15) is 4.79 Å². The van der Waals surface area contributed by atoms with E-state index in [2.05, 4.69) is 21.4 Å². The predicted octanol–water partition coefficient (Wildman–Crippen LogP) is 4.77. The first-order valence-corrected chi connectivity index (χ1v) is 9.75. The minimum atomic E-state index is -0.341. The molecule has 0 aliphatic rings. The number of nitrogen functional groups attached to an aromatic ring is 1. The van der Waals surface area contributed by atoms with Crippen molar-refractivity contribution in [2.24, 2.45) is 5.84 Å². The van der Waals surface area contributed by atoms with Crippen LogP contribution in [0.3, 0.4) is 0 Å². The Labute approximate surface area is 175 Å². The second-order valence-electron chi connectivity index (χ2n) is 6.31. The Morgan fingerprint density at radius 2 is 1.93 bits per heavy atom. The van der Waals surface area contributed by atoms with Gasteiger partial charge in [-0.1, -0.05) is 63.9 Å². The van der Waals surface area contributed by atoms with E-state index < -0.39 is 0 Å². The number of hydrogen-bond donors (Lipinski definition) is 2. The average molecular weight is 456 g/mol. The molecule has 4 aromatic rings. The van der Waals surface area contributed by atoms with Crippen LogP contribution in [0.2, 0.25) is 5.02 Å². The van der Waals surface area contributed by atoms with Crippen LogP contribution in [-0.2, 0) is 6.54 Å². The van der Waals surface area contributed by atoms with Crippen molar-refractivity contribution >= 4 is 44.3 Å². The maximum Gasteiger partial charge on any atom is 0.265 e. The maximum atomic E-state index is 11.9. The minimum absolute atomic E-state index is 0.341. The third-order valence-electron chi connectivity index (χ3n) is 4.52. The van der Waals surface area contributed by atoms with Crippen molar-refractivity contribution in [1.82, 2.24) is 15.2 Å². The summed E-state index contributed by atoms with van der Waals surface area (Å²) >= 11 is 9.83. The summed E-state index contributed by atoms with van der Waals surface area (Å²) < 4.78 is 2.86. The Hall–Kier alpha value is -2.67. The van der Waals surface area contributed by atoms with Gasteiger partial charge >= 0.3 is 0 Å². The predicted molar refractivity (Wildman–Crippen MR) is 115 cm³/mol. The Bertz CT molecular complexity index is 1190.